The molecule has 2 rings (SSSR count). The Kier molecular flexibility index (Phi) is 3.15. The highest BCUT2D eigenvalue weighted by Gasteiger charge is 2.33. The minimum atomic E-state index is -0.399. The van der Waals surface area contributed by atoms with E-state index in [1.165, 1.54) is 12.5 Å². The fourth-order valence-electron chi connectivity index (χ4n) is 2.07. The Morgan fingerprint density at radius 2 is 2.06 bits per heavy atom. The van der Waals surface area contributed by atoms with Gasteiger partial charge in [-0.1, -0.05) is 30.3 Å². The van der Waals surface area contributed by atoms with Crippen LogP contribution in [0.15, 0.2) is 30.3 Å². The van der Waals surface area contributed by atoms with E-state index in [-0.39, 0.29) is 11.6 Å². The van der Waals surface area contributed by atoms with Crippen LogP contribution in [-0.2, 0) is 16.1 Å². The summed E-state index contributed by atoms with van der Waals surface area (Å²) in [5, 5.41) is 0. The van der Waals surface area contributed by atoms with Crippen LogP contribution in [0.3, 0.4) is 0 Å². The monoisotopic (exact) mass is 217 g/mol. The fourth-order valence-corrected chi connectivity index (χ4v) is 2.07. The van der Waals surface area contributed by atoms with Crippen LogP contribution in [-0.4, -0.2) is 29.6 Å². The van der Waals surface area contributed by atoms with E-state index in [1.54, 1.807) is 0 Å². The zero-order valence-corrected chi connectivity index (χ0v) is 9.35. The van der Waals surface area contributed by atoms with Crippen LogP contribution in [0, 0.1) is 5.92 Å². The second-order valence-corrected chi connectivity index (χ2v) is 4.28. The van der Waals surface area contributed by atoms with Crippen molar-refractivity contribution in [2.75, 3.05) is 13.1 Å². The van der Waals surface area contributed by atoms with E-state index in [0.29, 0.717) is 13.1 Å². The SMILES string of the molecule is CC(=O)C1CN(Cc2ccccc2)CC1=O. The number of ketones is 2. The Morgan fingerprint density at radius 3 is 2.62 bits per heavy atom. The number of hydrogen-bond acceptors (Lipinski definition) is 3. The summed E-state index contributed by atoms with van der Waals surface area (Å²) >= 11 is 0. The minimum Gasteiger partial charge on any atom is -0.299 e. The van der Waals surface area contributed by atoms with Crippen molar-refractivity contribution in [3.63, 3.8) is 0 Å². The molecule has 1 atom stereocenters. The van der Waals surface area contributed by atoms with Crippen LogP contribution in [0.5, 0.6) is 0 Å². The highest BCUT2D eigenvalue weighted by Crippen LogP contribution is 2.16. The van der Waals surface area contributed by atoms with Gasteiger partial charge in [0.1, 0.15) is 5.78 Å². The number of nitrogens with zero attached hydrogens (tertiary/aromatic N) is 1. The molecule has 0 bridgehead atoms. The molecule has 1 aromatic carbocycles. The molecular weight excluding hydrogens is 202 g/mol. The lowest BCUT2D eigenvalue weighted by molar-refractivity contribution is -0.128. The number of likely N-dealkylation sites (tertiary alicyclic amines) is 1. The van der Waals surface area contributed by atoms with Gasteiger partial charge in [0.25, 0.3) is 0 Å². The fraction of sp³-hybridized carbons (Fsp3) is 0.385. The van der Waals surface area contributed by atoms with Crippen molar-refractivity contribution in [1.82, 2.24) is 4.90 Å². The number of hydrogen-bond donors (Lipinski definition) is 0. The Balaban J connectivity index is 1.99. The maximum Gasteiger partial charge on any atom is 0.158 e. The molecule has 3 nitrogen and oxygen atoms in total. The zero-order chi connectivity index (χ0) is 11.5. The highest BCUT2D eigenvalue weighted by molar-refractivity contribution is 6.03. The predicted octanol–water partition coefficient (Wildman–Crippen LogP) is 1.28. The molecule has 0 saturated carbocycles. The summed E-state index contributed by atoms with van der Waals surface area (Å²) in [5.41, 5.74) is 1.18. The summed E-state index contributed by atoms with van der Waals surface area (Å²) in [6.45, 7) is 3.22. The maximum absolute atomic E-state index is 11.6. The van der Waals surface area contributed by atoms with E-state index in [1.807, 2.05) is 35.2 Å². The van der Waals surface area contributed by atoms with Gasteiger partial charge in [0.2, 0.25) is 0 Å². The smallest absolute Gasteiger partial charge is 0.158 e. The molecule has 1 saturated heterocycles. The third kappa shape index (κ3) is 2.36. The standard InChI is InChI=1S/C13H15NO2/c1-10(15)12-8-14(9-13(12)16)7-11-5-3-2-4-6-11/h2-6,12H,7-9H2,1H3. The molecule has 0 aliphatic carbocycles. The summed E-state index contributed by atoms with van der Waals surface area (Å²) in [4.78, 5) is 24.8. The average molecular weight is 217 g/mol. The van der Waals surface area contributed by atoms with Gasteiger partial charge in [-0.2, -0.15) is 0 Å². The van der Waals surface area contributed by atoms with E-state index < -0.39 is 5.92 Å². The molecule has 1 aromatic rings. The van der Waals surface area contributed by atoms with Crippen molar-refractivity contribution in [2.45, 2.75) is 13.5 Å². The van der Waals surface area contributed by atoms with Crippen LogP contribution in [0.2, 0.25) is 0 Å². The Morgan fingerprint density at radius 1 is 1.38 bits per heavy atom. The van der Waals surface area contributed by atoms with Gasteiger partial charge in [-0.05, 0) is 12.5 Å². The number of carbonyl (C=O) groups excluding carboxylic acids is 2. The number of carbonyl (C=O) groups is 2. The van der Waals surface area contributed by atoms with E-state index in [4.69, 9.17) is 0 Å². The first-order valence-electron chi connectivity index (χ1n) is 5.46. The minimum absolute atomic E-state index is 0.0134. The van der Waals surface area contributed by atoms with Gasteiger partial charge >= 0.3 is 0 Å². The lowest BCUT2D eigenvalue weighted by atomic mass is 10.0. The van der Waals surface area contributed by atoms with Crippen molar-refractivity contribution in [3.8, 4) is 0 Å². The van der Waals surface area contributed by atoms with Gasteiger partial charge in [-0.3, -0.25) is 14.5 Å². The molecule has 1 unspecified atom stereocenters. The highest BCUT2D eigenvalue weighted by atomic mass is 16.2. The van der Waals surface area contributed by atoms with E-state index in [2.05, 4.69) is 0 Å². The van der Waals surface area contributed by atoms with E-state index >= 15 is 0 Å². The number of rotatable bonds is 3. The second kappa shape index (κ2) is 4.58. The van der Waals surface area contributed by atoms with Crippen molar-refractivity contribution in [1.29, 1.82) is 0 Å². The molecule has 16 heavy (non-hydrogen) atoms. The van der Waals surface area contributed by atoms with Crippen LogP contribution < -0.4 is 0 Å². The van der Waals surface area contributed by atoms with Gasteiger partial charge in [0.15, 0.2) is 5.78 Å². The quantitative estimate of drug-likeness (QED) is 0.716. The molecule has 3 heteroatoms. The van der Waals surface area contributed by atoms with Crippen molar-refractivity contribution in [3.05, 3.63) is 35.9 Å². The molecule has 0 radical (unpaired) electrons. The van der Waals surface area contributed by atoms with Gasteiger partial charge in [0.05, 0.1) is 12.5 Å². The molecular formula is C13H15NO2. The van der Waals surface area contributed by atoms with E-state index in [0.717, 1.165) is 6.54 Å². The van der Waals surface area contributed by atoms with Gasteiger partial charge < -0.3 is 0 Å². The molecule has 84 valence electrons. The number of benzene rings is 1. The number of Topliss-reactive ketones (excluding diaryl/α,β-unsaturated/α-hetero) is 2. The Hall–Kier alpha value is -1.48. The van der Waals surface area contributed by atoms with Crippen molar-refractivity contribution in [2.24, 2.45) is 5.92 Å². The molecule has 0 aromatic heterocycles. The first-order valence-corrected chi connectivity index (χ1v) is 5.46. The van der Waals surface area contributed by atoms with Crippen LogP contribution in [0.25, 0.3) is 0 Å². The van der Waals surface area contributed by atoms with Crippen molar-refractivity contribution < 1.29 is 9.59 Å². The van der Waals surface area contributed by atoms with E-state index in [9.17, 15) is 9.59 Å². The maximum atomic E-state index is 11.6. The summed E-state index contributed by atoms with van der Waals surface area (Å²) < 4.78 is 0. The topological polar surface area (TPSA) is 37.4 Å². The summed E-state index contributed by atoms with van der Waals surface area (Å²) in [6, 6.07) is 10.00. The lowest BCUT2D eigenvalue weighted by Crippen LogP contribution is -2.22. The first-order chi connectivity index (χ1) is 7.66. The Labute approximate surface area is 95.1 Å². The van der Waals surface area contributed by atoms with Crippen LogP contribution in [0.4, 0.5) is 0 Å². The predicted molar refractivity (Wildman–Crippen MR) is 60.9 cm³/mol. The molecule has 1 fully saturated rings. The van der Waals surface area contributed by atoms with Gasteiger partial charge in [-0.25, -0.2) is 0 Å². The third-order valence-corrected chi connectivity index (χ3v) is 2.95. The summed E-state index contributed by atoms with van der Waals surface area (Å²) in [7, 11) is 0. The molecule has 0 N–H and O–H groups in total. The van der Waals surface area contributed by atoms with Gasteiger partial charge in [0, 0.05) is 13.1 Å². The molecule has 1 aliphatic heterocycles. The van der Waals surface area contributed by atoms with Crippen LogP contribution in [0.1, 0.15) is 12.5 Å². The molecule has 0 spiro atoms. The first kappa shape index (κ1) is 11.0. The molecule has 1 heterocycles. The second-order valence-electron chi connectivity index (χ2n) is 4.28. The Bertz CT molecular complexity index is 400. The third-order valence-electron chi connectivity index (χ3n) is 2.95. The lowest BCUT2D eigenvalue weighted by Gasteiger charge is -2.13. The zero-order valence-electron chi connectivity index (χ0n) is 9.35. The average Bonchev–Trinajstić information content (AvgIpc) is 2.61. The van der Waals surface area contributed by atoms with Gasteiger partial charge in [-0.15, -0.1) is 0 Å². The molecule has 1 aliphatic rings. The van der Waals surface area contributed by atoms with Crippen LogP contribution >= 0.6 is 0 Å². The summed E-state index contributed by atoms with van der Waals surface area (Å²) in [5.74, 6) is -0.354. The largest absolute Gasteiger partial charge is 0.299 e. The normalized spacial score (nSPS) is 21.3. The summed E-state index contributed by atoms with van der Waals surface area (Å²) in [6.07, 6.45) is 0. The molecule has 0 amide bonds. The van der Waals surface area contributed by atoms with Crippen molar-refractivity contribution >= 4 is 11.6 Å².